The van der Waals surface area contributed by atoms with Crippen molar-refractivity contribution in [2.75, 3.05) is 33.0 Å². The van der Waals surface area contributed by atoms with Gasteiger partial charge in [0.15, 0.2) is 0 Å². The largest absolute Gasteiger partial charge is 0.481 e. The molecule has 192 valence electrons. The molecule has 0 bridgehead atoms. The van der Waals surface area contributed by atoms with Crippen molar-refractivity contribution in [3.63, 3.8) is 0 Å². The van der Waals surface area contributed by atoms with Crippen LogP contribution >= 0.6 is 0 Å². The number of unbranched alkanes of at least 4 members (excludes halogenated alkanes) is 1. The number of rotatable bonds is 20. The summed E-state index contributed by atoms with van der Waals surface area (Å²) in [6, 6.07) is -1.06. The predicted octanol–water partition coefficient (Wildman–Crippen LogP) is 2.20. The number of carbonyl (C=O) groups is 4. The summed E-state index contributed by atoms with van der Waals surface area (Å²) < 4.78 is 10.8. The van der Waals surface area contributed by atoms with E-state index in [4.69, 9.17) is 14.6 Å². The molecule has 0 aromatic rings. The minimum Gasteiger partial charge on any atom is -0.481 e. The molecular formula is C23H42N2O8. The van der Waals surface area contributed by atoms with Crippen LogP contribution in [0.15, 0.2) is 0 Å². The fourth-order valence-electron chi connectivity index (χ4n) is 2.74. The number of hydrogen-bond donors (Lipinski definition) is 4. The Labute approximate surface area is 196 Å². The first-order valence-electron chi connectivity index (χ1n) is 11.6. The van der Waals surface area contributed by atoms with Crippen LogP contribution in [0.3, 0.4) is 0 Å². The zero-order valence-corrected chi connectivity index (χ0v) is 20.5. The molecule has 0 aliphatic heterocycles. The normalized spacial score (nSPS) is 12.4. The quantitative estimate of drug-likeness (QED) is 0.196. The van der Waals surface area contributed by atoms with Crippen molar-refractivity contribution < 1.29 is 38.9 Å². The highest BCUT2D eigenvalue weighted by atomic mass is 16.5. The Hall–Kier alpha value is -2.20. The van der Waals surface area contributed by atoms with Gasteiger partial charge in [-0.2, -0.15) is 0 Å². The lowest BCUT2D eigenvalue weighted by atomic mass is 9.86. The summed E-state index contributed by atoms with van der Waals surface area (Å²) in [6.07, 6.45) is 2.47. The molecule has 33 heavy (non-hydrogen) atoms. The van der Waals surface area contributed by atoms with Crippen LogP contribution in [0.2, 0.25) is 0 Å². The summed E-state index contributed by atoms with van der Waals surface area (Å²) in [5, 5.41) is 23.4. The topological polar surface area (TPSA) is 151 Å². The van der Waals surface area contributed by atoms with E-state index >= 15 is 0 Å². The Kier molecular flexibility index (Phi) is 16.1. The fourth-order valence-corrected chi connectivity index (χ4v) is 2.74. The summed E-state index contributed by atoms with van der Waals surface area (Å²) in [4.78, 5) is 46.3. The van der Waals surface area contributed by atoms with Gasteiger partial charge in [0.05, 0.1) is 19.8 Å². The Bertz CT molecular complexity index is 607. The molecule has 0 aliphatic rings. The number of hydrogen-bond acceptors (Lipinski definition) is 6. The molecule has 0 saturated carbocycles. The molecule has 0 aromatic carbocycles. The maximum absolute atomic E-state index is 12.4. The molecule has 0 aliphatic carbocycles. The molecule has 10 nitrogen and oxygen atoms in total. The predicted molar refractivity (Wildman–Crippen MR) is 123 cm³/mol. The lowest BCUT2D eigenvalue weighted by Crippen LogP contribution is -2.46. The van der Waals surface area contributed by atoms with Crippen LogP contribution in [-0.2, 0) is 28.7 Å². The first-order valence-corrected chi connectivity index (χ1v) is 11.6. The molecule has 0 fully saturated rings. The minimum absolute atomic E-state index is 0.113. The van der Waals surface area contributed by atoms with Crippen LogP contribution in [0.1, 0.15) is 72.6 Å². The van der Waals surface area contributed by atoms with E-state index < -0.39 is 29.3 Å². The molecule has 2 amide bonds. The number of carboxylic acid groups (broad SMARTS) is 2. The lowest BCUT2D eigenvalue weighted by Gasteiger charge is -2.25. The molecule has 0 spiro atoms. The Balaban J connectivity index is 3.97. The molecule has 0 aromatic heterocycles. The minimum atomic E-state index is -1.15. The number of carboxylic acids is 2. The molecule has 0 saturated heterocycles. The molecule has 0 heterocycles. The second-order valence-electron chi connectivity index (χ2n) is 9.14. The maximum atomic E-state index is 12.4. The van der Waals surface area contributed by atoms with Crippen LogP contribution in [-0.4, -0.2) is 73.0 Å². The summed E-state index contributed by atoms with van der Waals surface area (Å²) in [5.41, 5.74) is -0.984. The van der Waals surface area contributed by atoms with Gasteiger partial charge in [0.2, 0.25) is 11.8 Å². The van der Waals surface area contributed by atoms with Gasteiger partial charge < -0.3 is 30.3 Å². The van der Waals surface area contributed by atoms with Crippen molar-refractivity contribution in [3.8, 4) is 0 Å². The molecule has 0 unspecified atom stereocenters. The van der Waals surface area contributed by atoms with Gasteiger partial charge in [0.1, 0.15) is 6.04 Å². The highest BCUT2D eigenvalue weighted by molar-refractivity contribution is 5.87. The van der Waals surface area contributed by atoms with Gasteiger partial charge >= 0.3 is 11.9 Å². The third-order valence-electron chi connectivity index (χ3n) is 5.11. The summed E-state index contributed by atoms with van der Waals surface area (Å²) in [7, 11) is 0. The van der Waals surface area contributed by atoms with E-state index in [1.165, 1.54) is 0 Å². The molecular weight excluding hydrogens is 432 g/mol. The van der Waals surface area contributed by atoms with Crippen molar-refractivity contribution in [2.24, 2.45) is 11.3 Å². The fraction of sp³-hybridized carbons (Fsp3) is 0.826. The van der Waals surface area contributed by atoms with Crippen LogP contribution in [0.25, 0.3) is 0 Å². The average Bonchev–Trinajstić information content (AvgIpc) is 2.72. The smallest absolute Gasteiger partial charge is 0.326 e. The van der Waals surface area contributed by atoms with Gasteiger partial charge in [0.25, 0.3) is 0 Å². The van der Waals surface area contributed by atoms with Crippen molar-refractivity contribution >= 4 is 23.8 Å². The van der Waals surface area contributed by atoms with Crippen LogP contribution in [0, 0.1) is 11.3 Å². The molecule has 4 N–H and O–H groups in total. The molecule has 0 radical (unpaired) electrons. The number of aliphatic carboxylic acids is 2. The van der Waals surface area contributed by atoms with E-state index in [0.29, 0.717) is 51.7 Å². The number of amides is 2. The third-order valence-corrected chi connectivity index (χ3v) is 5.11. The van der Waals surface area contributed by atoms with Crippen molar-refractivity contribution in [1.82, 2.24) is 10.6 Å². The standard InChI is InChI=1S/C23H42N2O8/c1-17(2)9-13-32-15-16-33-14-10-19(26)24-12-6-5-7-18(21(29)30)25-22(31)23(3,4)11-8-20(27)28/h17-18H,5-16H2,1-4H3,(H,24,26)(H,25,31)(H,27,28)(H,29,30)/t18-/m0/s1. The number of carbonyl (C=O) groups excluding carboxylic acids is 2. The Morgan fingerprint density at radius 3 is 2.09 bits per heavy atom. The van der Waals surface area contributed by atoms with E-state index in [1.807, 2.05) is 0 Å². The van der Waals surface area contributed by atoms with E-state index in [9.17, 15) is 24.3 Å². The lowest BCUT2D eigenvalue weighted by molar-refractivity contribution is -0.144. The van der Waals surface area contributed by atoms with Crippen molar-refractivity contribution in [1.29, 1.82) is 0 Å². The van der Waals surface area contributed by atoms with Crippen molar-refractivity contribution in [3.05, 3.63) is 0 Å². The zero-order valence-electron chi connectivity index (χ0n) is 20.5. The highest BCUT2D eigenvalue weighted by Gasteiger charge is 2.31. The number of nitrogens with one attached hydrogen (secondary N) is 2. The zero-order chi connectivity index (χ0) is 25.3. The average molecular weight is 475 g/mol. The second kappa shape index (κ2) is 17.3. The van der Waals surface area contributed by atoms with E-state index in [1.54, 1.807) is 13.8 Å². The van der Waals surface area contributed by atoms with Crippen molar-refractivity contribution in [2.45, 2.75) is 78.7 Å². The summed E-state index contributed by atoms with van der Waals surface area (Å²) in [6.45, 7) is 9.81. The van der Waals surface area contributed by atoms with Gasteiger partial charge in [-0.25, -0.2) is 4.79 Å². The molecule has 1 atom stereocenters. The van der Waals surface area contributed by atoms with Crippen LogP contribution in [0.4, 0.5) is 0 Å². The van der Waals surface area contributed by atoms with Gasteiger partial charge in [-0.15, -0.1) is 0 Å². The second-order valence-corrected chi connectivity index (χ2v) is 9.14. The number of ether oxygens (including phenoxy) is 2. The van der Waals surface area contributed by atoms with E-state index in [-0.39, 0.29) is 31.6 Å². The first kappa shape index (κ1) is 30.8. The van der Waals surface area contributed by atoms with Crippen LogP contribution < -0.4 is 10.6 Å². The Morgan fingerprint density at radius 2 is 1.52 bits per heavy atom. The van der Waals surface area contributed by atoms with Gasteiger partial charge in [-0.1, -0.05) is 27.7 Å². The first-order chi connectivity index (χ1) is 15.5. The van der Waals surface area contributed by atoms with Gasteiger partial charge in [0, 0.05) is 31.4 Å². The molecule has 0 rings (SSSR count). The summed E-state index contributed by atoms with van der Waals surface area (Å²) in [5.74, 6) is -2.18. The van der Waals surface area contributed by atoms with Crippen LogP contribution in [0.5, 0.6) is 0 Å². The maximum Gasteiger partial charge on any atom is 0.326 e. The Morgan fingerprint density at radius 1 is 0.879 bits per heavy atom. The van der Waals surface area contributed by atoms with E-state index in [0.717, 1.165) is 6.42 Å². The van der Waals surface area contributed by atoms with Gasteiger partial charge in [-0.05, 0) is 38.0 Å². The van der Waals surface area contributed by atoms with E-state index in [2.05, 4.69) is 24.5 Å². The van der Waals surface area contributed by atoms with Gasteiger partial charge in [-0.3, -0.25) is 14.4 Å². The third kappa shape index (κ3) is 17.0. The highest BCUT2D eigenvalue weighted by Crippen LogP contribution is 2.23. The molecule has 10 heteroatoms. The monoisotopic (exact) mass is 474 g/mol. The summed E-state index contributed by atoms with van der Waals surface area (Å²) >= 11 is 0. The SMILES string of the molecule is CC(C)CCOCCOCCC(=O)NCCCC[C@H](NC(=O)C(C)(C)CCC(=O)O)C(=O)O.